The van der Waals surface area contributed by atoms with Crippen molar-refractivity contribution in [2.24, 2.45) is 0 Å². The van der Waals surface area contributed by atoms with Crippen molar-refractivity contribution in [3.63, 3.8) is 0 Å². The van der Waals surface area contributed by atoms with Crippen LogP contribution in [0.15, 0.2) is 0 Å². The van der Waals surface area contributed by atoms with Crippen LogP contribution >= 0.6 is 0 Å². The Labute approximate surface area is 190 Å². The van der Waals surface area contributed by atoms with Crippen LogP contribution in [0.5, 0.6) is 0 Å². The molecule has 0 saturated heterocycles. The van der Waals surface area contributed by atoms with Gasteiger partial charge in [0, 0.05) is 0 Å². The predicted octanol–water partition coefficient (Wildman–Crippen LogP) is 9.11. The van der Waals surface area contributed by atoms with E-state index >= 15 is 0 Å². The van der Waals surface area contributed by atoms with Gasteiger partial charge in [-0.05, 0) is 12.8 Å². The van der Waals surface area contributed by atoms with E-state index in [1.807, 2.05) is 0 Å². The molecule has 0 saturated carbocycles. The summed E-state index contributed by atoms with van der Waals surface area (Å²) in [5.74, 6) is 0. The minimum atomic E-state index is -0.508. The monoisotopic (exact) mass is 426 g/mol. The normalized spacial score (nSPS) is 13.6. The van der Waals surface area contributed by atoms with E-state index in [0.717, 1.165) is 25.7 Å². The van der Waals surface area contributed by atoms with Gasteiger partial charge in [-0.25, -0.2) is 0 Å². The van der Waals surface area contributed by atoms with E-state index in [0.29, 0.717) is 0 Å². The van der Waals surface area contributed by atoms with Gasteiger partial charge in [0.05, 0.1) is 12.2 Å². The summed E-state index contributed by atoms with van der Waals surface area (Å²) in [5.41, 5.74) is 0. The van der Waals surface area contributed by atoms with Crippen LogP contribution < -0.4 is 0 Å². The summed E-state index contributed by atoms with van der Waals surface area (Å²) >= 11 is 0. The van der Waals surface area contributed by atoms with E-state index in [-0.39, 0.29) is 0 Å². The molecule has 2 nitrogen and oxygen atoms in total. The second kappa shape index (κ2) is 25.2. The number of hydrogen-bond acceptors (Lipinski definition) is 2. The number of unbranched alkanes of at least 4 members (excludes halogenated alkanes) is 20. The van der Waals surface area contributed by atoms with Gasteiger partial charge < -0.3 is 10.2 Å². The van der Waals surface area contributed by atoms with Gasteiger partial charge in [-0.3, -0.25) is 0 Å². The van der Waals surface area contributed by atoms with E-state index in [4.69, 9.17) is 0 Å². The Morgan fingerprint density at radius 1 is 0.333 bits per heavy atom. The van der Waals surface area contributed by atoms with E-state index in [9.17, 15) is 10.2 Å². The minimum absolute atomic E-state index is 0.508. The topological polar surface area (TPSA) is 40.5 Å². The summed E-state index contributed by atoms with van der Waals surface area (Å²) in [6.07, 6.45) is 29.8. The fourth-order valence-electron chi connectivity index (χ4n) is 4.42. The fraction of sp³-hybridized carbons (Fsp3) is 1.00. The Balaban J connectivity index is 3.28. The molecule has 2 N–H and O–H groups in total. The van der Waals surface area contributed by atoms with E-state index in [1.165, 1.54) is 128 Å². The zero-order valence-corrected chi connectivity index (χ0v) is 21.0. The first kappa shape index (κ1) is 29.9. The number of rotatable bonds is 25. The fourth-order valence-corrected chi connectivity index (χ4v) is 4.42. The molecule has 0 aliphatic carbocycles. The lowest BCUT2D eigenvalue weighted by atomic mass is 9.99. The third kappa shape index (κ3) is 22.6. The van der Waals surface area contributed by atoms with Gasteiger partial charge in [0.15, 0.2) is 0 Å². The highest BCUT2D eigenvalue weighted by Crippen LogP contribution is 2.16. The van der Waals surface area contributed by atoms with Gasteiger partial charge in [-0.1, -0.05) is 155 Å². The summed E-state index contributed by atoms with van der Waals surface area (Å²) in [4.78, 5) is 0. The van der Waals surface area contributed by atoms with Crippen LogP contribution in [-0.2, 0) is 0 Å². The molecule has 2 heteroatoms. The highest BCUT2D eigenvalue weighted by Gasteiger charge is 2.15. The number of aliphatic hydroxyl groups is 2. The molecule has 0 amide bonds. The average Bonchev–Trinajstić information content (AvgIpc) is 2.75. The number of hydrogen-bond donors (Lipinski definition) is 2. The molecule has 0 aliphatic rings. The van der Waals surface area contributed by atoms with Crippen molar-refractivity contribution in [3.05, 3.63) is 0 Å². The third-order valence-corrected chi connectivity index (χ3v) is 6.65. The standard InChI is InChI=1S/C28H58O2/c1-3-5-7-9-11-13-14-15-16-18-20-22-24-26-28(30)27(29)25-23-21-19-17-12-10-8-6-4-2/h27-30H,3-26H2,1-2H3. The molecule has 0 bridgehead atoms. The SMILES string of the molecule is CCCCCCCCCCCCCCCC(O)C(O)CCCCCCCCCCC. The van der Waals surface area contributed by atoms with Gasteiger partial charge in [-0.2, -0.15) is 0 Å². The Bertz CT molecular complexity index is 305. The van der Waals surface area contributed by atoms with Gasteiger partial charge in [0.2, 0.25) is 0 Å². The molecule has 0 rings (SSSR count). The second-order valence-electron chi connectivity index (χ2n) is 9.78. The lowest BCUT2D eigenvalue weighted by Crippen LogP contribution is -2.25. The van der Waals surface area contributed by atoms with Gasteiger partial charge in [0.25, 0.3) is 0 Å². The van der Waals surface area contributed by atoms with Crippen LogP contribution in [0.4, 0.5) is 0 Å². The first-order chi connectivity index (χ1) is 14.7. The summed E-state index contributed by atoms with van der Waals surface area (Å²) in [5, 5.41) is 20.3. The second-order valence-corrected chi connectivity index (χ2v) is 9.78. The van der Waals surface area contributed by atoms with Crippen LogP contribution in [0.2, 0.25) is 0 Å². The zero-order valence-electron chi connectivity index (χ0n) is 21.0. The maximum absolute atomic E-state index is 10.2. The van der Waals surface area contributed by atoms with E-state index < -0.39 is 12.2 Å². The Morgan fingerprint density at radius 2 is 0.533 bits per heavy atom. The molecule has 0 fully saturated rings. The molecule has 0 radical (unpaired) electrons. The van der Waals surface area contributed by atoms with Crippen molar-refractivity contribution in [1.29, 1.82) is 0 Å². The summed E-state index contributed by atoms with van der Waals surface area (Å²) < 4.78 is 0. The quantitative estimate of drug-likeness (QED) is 0.143. The molecule has 0 spiro atoms. The van der Waals surface area contributed by atoms with Crippen LogP contribution in [0.25, 0.3) is 0 Å². The van der Waals surface area contributed by atoms with Crippen LogP contribution in [-0.4, -0.2) is 22.4 Å². The van der Waals surface area contributed by atoms with Crippen molar-refractivity contribution < 1.29 is 10.2 Å². The van der Waals surface area contributed by atoms with Crippen molar-refractivity contribution in [2.75, 3.05) is 0 Å². The first-order valence-corrected chi connectivity index (χ1v) is 14.1. The van der Waals surface area contributed by atoms with E-state index in [1.54, 1.807) is 0 Å². The van der Waals surface area contributed by atoms with Gasteiger partial charge in [-0.15, -0.1) is 0 Å². The summed E-state index contributed by atoms with van der Waals surface area (Å²) in [7, 11) is 0. The first-order valence-electron chi connectivity index (χ1n) is 14.1. The molecule has 0 heterocycles. The predicted molar refractivity (Wildman–Crippen MR) is 134 cm³/mol. The van der Waals surface area contributed by atoms with Gasteiger partial charge >= 0.3 is 0 Å². The van der Waals surface area contributed by atoms with Crippen LogP contribution in [0.1, 0.15) is 168 Å². The Morgan fingerprint density at radius 3 is 0.767 bits per heavy atom. The molecule has 2 unspecified atom stereocenters. The van der Waals surface area contributed by atoms with Crippen molar-refractivity contribution in [2.45, 2.75) is 180 Å². The number of aliphatic hydroxyl groups excluding tert-OH is 2. The molecule has 0 aromatic rings. The van der Waals surface area contributed by atoms with Crippen molar-refractivity contribution in [3.8, 4) is 0 Å². The van der Waals surface area contributed by atoms with Crippen molar-refractivity contribution >= 4 is 0 Å². The summed E-state index contributed by atoms with van der Waals surface area (Å²) in [6.45, 7) is 4.54. The molecular formula is C28H58O2. The van der Waals surface area contributed by atoms with Gasteiger partial charge in [0.1, 0.15) is 0 Å². The zero-order chi connectivity index (χ0) is 22.1. The lowest BCUT2D eigenvalue weighted by molar-refractivity contribution is 0.00711. The summed E-state index contributed by atoms with van der Waals surface area (Å²) in [6, 6.07) is 0. The largest absolute Gasteiger partial charge is 0.390 e. The maximum atomic E-state index is 10.2. The Kier molecular flexibility index (Phi) is 25.1. The third-order valence-electron chi connectivity index (χ3n) is 6.65. The smallest absolute Gasteiger partial charge is 0.0799 e. The van der Waals surface area contributed by atoms with Crippen LogP contribution in [0.3, 0.4) is 0 Å². The highest BCUT2D eigenvalue weighted by atomic mass is 16.3. The molecule has 30 heavy (non-hydrogen) atoms. The average molecular weight is 427 g/mol. The van der Waals surface area contributed by atoms with E-state index in [2.05, 4.69) is 13.8 Å². The molecule has 0 aliphatic heterocycles. The van der Waals surface area contributed by atoms with Crippen molar-refractivity contribution in [1.82, 2.24) is 0 Å². The minimum Gasteiger partial charge on any atom is -0.390 e. The molecule has 0 aromatic carbocycles. The van der Waals surface area contributed by atoms with Crippen LogP contribution in [0, 0.1) is 0 Å². The lowest BCUT2D eigenvalue weighted by Gasteiger charge is -2.17. The molecular weight excluding hydrogens is 368 g/mol. The maximum Gasteiger partial charge on any atom is 0.0799 e. The molecule has 182 valence electrons. The Hall–Kier alpha value is -0.0800. The molecule has 0 aromatic heterocycles. The highest BCUT2D eigenvalue weighted by molar-refractivity contribution is 4.67. The molecule has 2 atom stereocenters.